The second-order valence-electron chi connectivity index (χ2n) is 5.05. The van der Waals surface area contributed by atoms with Gasteiger partial charge >= 0.3 is 5.97 Å². The Morgan fingerprint density at radius 3 is 2.58 bits per heavy atom. The lowest BCUT2D eigenvalue weighted by molar-refractivity contribution is -0.137. The summed E-state index contributed by atoms with van der Waals surface area (Å²) in [5.41, 5.74) is 0.953. The minimum Gasteiger partial charge on any atom is -0.463 e. The second kappa shape index (κ2) is 7.74. The molecule has 19 heavy (non-hydrogen) atoms. The van der Waals surface area contributed by atoms with E-state index in [1.54, 1.807) is 6.92 Å². The minimum atomic E-state index is -0.307. The summed E-state index contributed by atoms with van der Waals surface area (Å²) < 4.78 is 10.5. The van der Waals surface area contributed by atoms with Crippen molar-refractivity contribution in [2.24, 2.45) is 5.41 Å². The number of hydrogen-bond donors (Lipinski definition) is 0. The van der Waals surface area contributed by atoms with Gasteiger partial charge in [-0.25, -0.2) is 4.79 Å². The van der Waals surface area contributed by atoms with Crippen molar-refractivity contribution in [3.8, 4) is 0 Å². The van der Waals surface area contributed by atoms with Crippen LogP contribution in [0, 0.1) is 5.41 Å². The maximum Gasteiger partial charge on any atom is 0.330 e. The van der Waals surface area contributed by atoms with Crippen LogP contribution in [0.1, 0.15) is 26.3 Å². The third kappa shape index (κ3) is 6.77. The maximum atomic E-state index is 11.2. The molecule has 1 aromatic rings. The molecule has 0 saturated heterocycles. The summed E-state index contributed by atoms with van der Waals surface area (Å²) in [6.45, 7) is 7.37. The number of rotatable bonds is 7. The second-order valence-corrected chi connectivity index (χ2v) is 5.05. The molecule has 104 valence electrons. The number of carbonyl (C=O) groups is 1. The summed E-state index contributed by atoms with van der Waals surface area (Å²) in [5, 5.41) is 0. The molecule has 0 unspecified atom stereocenters. The van der Waals surface area contributed by atoms with Crippen LogP contribution in [0.25, 0.3) is 0 Å². The molecule has 0 spiro atoms. The Morgan fingerprint density at radius 2 is 1.95 bits per heavy atom. The van der Waals surface area contributed by atoms with E-state index in [1.807, 2.05) is 50.3 Å². The average molecular weight is 262 g/mol. The number of ether oxygens (including phenoxy) is 2. The largest absolute Gasteiger partial charge is 0.463 e. The van der Waals surface area contributed by atoms with Crippen LogP contribution >= 0.6 is 0 Å². The molecule has 0 radical (unpaired) electrons. The lowest BCUT2D eigenvalue weighted by atomic mass is 9.94. The Labute approximate surface area is 115 Å². The highest BCUT2D eigenvalue weighted by Crippen LogP contribution is 2.18. The molecule has 0 N–H and O–H groups in total. The van der Waals surface area contributed by atoms with E-state index in [0.717, 1.165) is 5.56 Å². The highest BCUT2D eigenvalue weighted by atomic mass is 16.5. The molecule has 0 amide bonds. The molecule has 0 aliphatic carbocycles. The monoisotopic (exact) mass is 262 g/mol. The van der Waals surface area contributed by atoms with E-state index < -0.39 is 0 Å². The smallest absolute Gasteiger partial charge is 0.330 e. The zero-order chi connectivity index (χ0) is 14.1. The van der Waals surface area contributed by atoms with Crippen LogP contribution in [0.3, 0.4) is 0 Å². The van der Waals surface area contributed by atoms with Crippen LogP contribution in [0.15, 0.2) is 42.5 Å². The Hall–Kier alpha value is -1.61. The Morgan fingerprint density at radius 1 is 1.26 bits per heavy atom. The third-order valence-electron chi connectivity index (χ3n) is 2.54. The van der Waals surface area contributed by atoms with E-state index in [4.69, 9.17) is 9.47 Å². The van der Waals surface area contributed by atoms with Crippen LogP contribution < -0.4 is 0 Å². The first-order chi connectivity index (χ1) is 9.03. The maximum absolute atomic E-state index is 11.2. The zero-order valence-corrected chi connectivity index (χ0v) is 11.9. The number of esters is 1. The molecule has 0 bridgehead atoms. The van der Waals surface area contributed by atoms with Crippen molar-refractivity contribution in [1.82, 2.24) is 0 Å². The molecule has 0 atom stereocenters. The fourth-order valence-corrected chi connectivity index (χ4v) is 1.54. The van der Waals surface area contributed by atoms with Gasteiger partial charge in [-0.2, -0.15) is 0 Å². The number of carbonyl (C=O) groups excluding carboxylic acids is 1. The summed E-state index contributed by atoms with van der Waals surface area (Å²) in [4.78, 5) is 11.2. The zero-order valence-electron chi connectivity index (χ0n) is 11.9. The van der Waals surface area contributed by atoms with Gasteiger partial charge in [0.1, 0.15) is 0 Å². The summed E-state index contributed by atoms with van der Waals surface area (Å²) in [6, 6.07) is 10.0. The normalized spacial score (nSPS) is 11.7. The average Bonchev–Trinajstić information content (AvgIpc) is 2.38. The van der Waals surface area contributed by atoms with Crippen molar-refractivity contribution in [3.63, 3.8) is 0 Å². The van der Waals surface area contributed by atoms with E-state index in [0.29, 0.717) is 19.8 Å². The quantitative estimate of drug-likeness (QED) is 0.558. The summed E-state index contributed by atoms with van der Waals surface area (Å²) in [6.07, 6.45) is 3.30. The first kappa shape index (κ1) is 15.4. The van der Waals surface area contributed by atoms with Gasteiger partial charge in [-0.15, -0.1) is 0 Å². The lowest BCUT2D eigenvalue weighted by Gasteiger charge is -2.20. The van der Waals surface area contributed by atoms with Crippen molar-refractivity contribution in [1.29, 1.82) is 0 Å². The predicted molar refractivity (Wildman–Crippen MR) is 75.7 cm³/mol. The van der Waals surface area contributed by atoms with Crippen molar-refractivity contribution in [3.05, 3.63) is 48.0 Å². The Kier molecular flexibility index (Phi) is 6.30. The number of hydrogen-bond acceptors (Lipinski definition) is 3. The van der Waals surface area contributed by atoms with Crippen LogP contribution in [0.2, 0.25) is 0 Å². The van der Waals surface area contributed by atoms with Gasteiger partial charge in [-0.05, 0) is 12.5 Å². The van der Waals surface area contributed by atoms with Crippen LogP contribution in [0.5, 0.6) is 0 Å². The van der Waals surface area contributed by atoms with Crippen molar-refractivity contribution >= 4 is 5.97 Å². The van der Waals surface area contributed by atoms with Gasteiger partial charge in [0.05, 0.1) is 19.8 Å². The lowest BCUT2D eigenvalue weighted by Crippen LogP contribution is -2.17. The third-order valence-corrected chi connectivity index (χ3v) is 2.54. The van der Waals surface area contributed by atoms with Gasteiger partial charge in [-0.1, -0.05) is 50.3 Å². The van der Waals surface area contributed by atoms with Gasteiger partial charge in [-0.3, -0.25) is 0 Å². The first-order valence-corrected chi connectivity index (χ1v) is 6.51. The van der Waals surface area contributed by atoms with Crippen molar-refractivity contribution in [2.75, 3.05) is 13.2 Å². The predicted octanol–water partition coefficient (Wildman–Crippen LogP) is 3.35. The topological polar surface area (TPSA) is 35.5 Å². The highest BCUT2D eigenvalue weighted by Gasteiger charge is 2.14. The molecule has 0 aliphatic rings. The van der Waals surface area contributed by atoms with Gasteiger partial charge in [0, 0.05) is 11.5 Å². The van der Waals surface area contributed by atoms with E-state index in [-0.39, 0.29) is 11.4 Å². The molecular weight excluding hydrogens is 240 g/mol. The molecule has 0 saturated carbocycles. The molecule has 0 heterocycles. The van der Waals surface area contributed by atoms with Crippen LogP contribution in [0.4, 0.5) is 0 Å². The van der Waals surface area contributed by atoms with E-state index in [1.165, 1.54) is 6.08 Å². The Bertz CT molecular complexity index is 407. The van der Waals surface area contributed by atoms with Crippen LogP contribution in [-0.4, -0.2) is 19.2 Å². The van der Waals surface area contributed by atoms with Gasteiger partial charge in [0.15, 0.2) is 0 Å². The molecule has 1 rings (SSSR count). The highest BCUT2D eigenvalue weighted by molar-refractivity contribution is 5.81. The first-order valence-electron chi connectivity index (χ1n) is 6.51. The van der Waals surface area contributed by atoms with Gasteiger partial charge in [0.25, 0.3) is 0 Å². The van der Waals surface area contributed by atoms with E-state index in [9.17, 15) is 4.79 Å². The fraction of sp³-hybridized carbons (Fsp3) is 0.438. The van der Waals surface area contributed by atoms with E-state index in [2.05, 4.69) is 0 Å². The SMILES string of the molecule is CCOC(=O)/C=C/C(C)(C)COCc1ccccc1. The molecule has 3 nitrogen and oxygen atoms in total. The van der Waals surface area contributed by atoms with Gasteiger partial charge in [0.2, 0.25) is 0 Å². The van der Waals surface area contributed by atoms with Crippen molar-refractivity contribution < 1.29 is 14.3 Å². The summed E-state index contributed by atoms with van der Waals surface area (Å²) in [7, 11) is 0. The van der Waals surface area contributed by atoms with E-state index >= 15 is 0 Å². The molecule has 3 heteroatoms. The molecule has 1 aromatic carbocycles. The standard InChI is InChI=1S/C16H22O3/c1-4-19-15(17)10-11-16(2,3)13-18-12-14-8-6-5-7-9-14/h5-11H,4,12-13H2,1-3H3/b11-10+. The number of benzene rings is 1. The summed E-state index contributed by atoms with van der Waals surface area (Å²) >= 11 is 0. The van der Waals surface area contributed by atoms with Gasteiger partial charge < -0.3 is 9.47 Å². The summed E-state index contributed by atoms with van der Waals surface area (Å²) in [5.74, 6) is -0.307. The minimum absolute atomic E-state index is 0.193. The molecule has 0 aliphatic heterocycles. The van der Waals surface area contributed by atoms with Crippen molar-refractivity contribution in [2.45, 2.75) is 27.4 Å². The molecule has 0 aromatic heterocycles. The molecular formula is C16H22O3. The Balaban J connectivity index is 2.36. The fourth-order valence-electron chi connectivity index (χ4n) is 1.54. The molecule has 0 fully saturated rings. The van der Waals surface area contributed by atoms with Crippen LogP contribution in [-0.2, 0) is 20.9 Å².